The van der Waals surface area contributed by atoms with E-state index < -0.39 is 0 Å². The summed E-state index contributed by atoms with van der Waals surface area (Å²) in [7, 11) is 1.75. The topological polar surface area (TPSA) is 54.0 Å². The SMILES string of the molecule is CNc1cc(C(=O)NCCC2CCCCC2)cc(Cl)n1. The van der Waals surface area contributed by atoms with Gasteiger partial charge in [-0.15, -0.1) is 0 Å². The fraction of sp³-hybridized carbons (Fsp3) is 0.600. The first-order valence-corrected chi connectivity index (χ1v) is 7.70. The number of halogens is 1. The van der Waals surface area contributed by atoms with Gasteiger partial charge in [-0.3, -0.25) is 4.79 Å². The molecule has 5 heteroatoms. The van der Waals surface area contributed by atoms with Gasteiger partial charge in [0.15, 0.2) is 0 Å². The van der Waals surface area contributed by atoms with Crippen LogP contribution in [0.1, 0.15) is 48.9 Å². The highest BCUT2D eigenvalue weighted by molar-refractivity contribution is 6.29. The van der Waals surface area contributed by atoms with Crippen molar-refractivity contribution in [1.82, 2.24) is 10.3 Å². The molecule has 1 aromatic rings. The first-order valence-electron chi connectivity index (χ1n) is 7.32. The molecule has 1 aromatic heterocycles. The normalized spacial score (nSPS) is 15.9. The summed E-state index contributed by atoms with van der Waals surface area (Å²) >= 11 is 5.90. The van der Waals surface area contributed by atoms with Gasteiger partial charge in [0.25, 0.3) is 5.91 Å². The molecule has 1 amide bonds. The number of nitrogens with zero attached hydrogens (tertiary/aromatic N) is 1. The molecule has 0 aromatic carbocycles. The molecule has 0 aliphatic heterocycles. The van der Waals surface area contributed by atoms with Crippen molar-refractivity contribution in [1.29, 1.82) is 0 Å². The van der Waals surface area contributed by atoms with E-state index in [2.05, 4.69) is 15.6 Å². The van der Waals surface area contributed by atoms with Gasteiger partial charge in [-0.2, -0.15) is 0 Å². The van der Waals surface area contributed by atoms with Gasteiger partial charge in [0, 0.05) is 19.2 Å². The van der Waals surface area contributed by atoms with E-state index in [1.54, 1.807) is 19.2 Å². The lowest BCUT2D eigenvalue weighted by Gasteiger charge is -2.21. The van der Waals surface area contributed by atoms with Crippen molar-refractivity contribution >= 4 is 23.3 Å². The number of hydrogen-bond acceptors (Lipinski definition) is 3. The van der Waals surface area contributed by atoms with E-state index in [9.17, 15) is 4.79 Å². The number of anilines is 1. The molecule has 0 radical (unpaired) electrons. The molecule has 1 fully saturated rings. The molecular formula is C15H22ClN3O. The van der Waals surface area contributed by atoms with Crippen LogP contribution >= 0.6 is 11.6 Å². The van der Waals surface area contributed by atoms with Gasteiger partial charge in [-0.05, 0) is 24.5 Å². The zero-order chi connectivity index (χ0) is 14.4. The fourth-order valence-corrected chi connectivity index (χ4v) is 2.93. The van der Waals surface area contributed by atoms with Gasteiger partial charge in [-0.1, -0.05) is 43.7 Å². The highest BCUT2D eigenvalue weighted by Gasteiger charge is 2.14. The van der Waals surface area contributed by atoms with Crippen molar-refractivity contribution in [2.24, 2.45) is 5.92 Å². The smallest absolute Gasteiger partial charge is 0.251 e. The van der Waals surface area contributed by atoms with Gasteiger partial charge in [0.2, 0.25) is 0 Å². The van der Waals surface area contributed by atoms with E-state index in [1.165, 1.54) is 32.1 Å². The van der Waals surface area contributed by atoms with Gasteiger partial charge in [0.05, 0.1) is 0 Å². The van der Waals surface area contributed by atoms with Crippen molar-refractivity contribution < 1.29 is 4.79 Å². The number of hydrogen-bond donors (Lipinski definition) is 2. The van der Waals surface area contributed by atoms with Crippen molar-refractivity contribution in [3.05, 3.63) is 22.8 Å². The molecule has 0 spiro atoms. The molecule has 1 aliphatic rings. The van der Waals surface area contributed by atoms with Crippen molar-refractivity contribution in [3.63, 3.8) is 0 Å². The van der Waals surface area contributed by atoms with Gasteiger partial charge in [0.1, 0.15) is 11.0 Å². The lowest BCUT2D eigenvalue weighted by atomic mass is 9.87. The minimum Gasteiger partial charge on any atom is -0.373 e. The summed E-state index contributed by atoms with van der Waals surface area (Å²) < 4.78 is 0. The number of nitrogens with one attached hydrogen (secondary N) is 2. The molecule has 0 atom stereocenters. The zero-order valence-electron chi connectivity index (χ0n) is 11.9. The minimum absolute atomic E-state index is 0.0818. The predicted molar refractivity (Wildman–Crippen MR) is 82.3 cm³/mol. The van der Waals surface area contributed by atoms with Crippen LogP contribution in [0.3, 0.4) is 0 Å². The van der Waals surface area contributed by atoms with Crippen LogP contribution in [0.15, 0.2) is 12.1 Å². The average molecular weight is 296 g/mol. The van der Waals surface area contributed by atoms with Gasteiger partial charge >= 0.3 is 0 Å². The highest BCUT2D eigenvalue weighted by Crippen LogP contribution is 2.25. The Bertz CT molecular complexity index is 458. The maximum atomic E-state index is 12.1. The van der Waals surface area contributed by atoms with E-state index in [1.807, 2.05) is 0 Å². The second kappa shape index (κ2) is 7.48. The summed E-state index contributed by atoms with van der Waals surface area (Å²) in [5.41, 5.74) is 0.554. The molecule has 0 bridgehead atoms. The van der Waals surface area contributed by atoms with E-state index in [-0.39, 0.29) is 5.91 Å². The number of carbonyl (C=O) groups is 1. The first-order chi connectivity index (χ1) is 9.69. The van der Waals surface area contributed by atoms with Crippen LogP contribution in [0, 0.1) is 5.92 Å². The third-order valence-electron chi connectivity index (χ3n) is 3.88. The highest BCUT2D eigenvalue weighted by atomic mass is 35.5. The molecular weight excluding hydrogens is 274 g/mol. The maximum Gasteiger partial charge on any atom is 0.251 e. The third kappa shape index (κ3) is 4.37. The van der Waals surface area contributed by atoms with E-state index >= 15 is 0 Å². The van der Waals surface area contributed by atoms with Crippen LogP contribution in [-0.4, -0.2) is 24.5 Å². The largest absolute Gasteiger partial charge is 0.373 e. The van der Waals surface area contributed by atoms with Crippen LogP contribution < -0.4 is 10.6 Å². The number of rotatable bonds is 5. The molecule has 1 saturated carbocycles. The molecule has 1 aliphatic carbocycles. The van der Waals surface area contributed by atoms with Crippen LogP contribution in [0.4, 0.5) is 5.82 Å². The Kier molecular flexibility index (Phi) is 5.65. The summed E-state index contributed by atoms with van der Waals surface area (Å²) in [6.07, 6.45) is 7.73. The van der Waals surface area contributed by atoms with Gasteiger partial charge in [-0.25, -0.2) is 4.98 Å². The lowest BCUT2D eigenvalue weighted by Crippen LogP contribution is -2.26. The average Bonchev–Trinajstić information content (AvgIpc) is 2.47. The summed E-state index contributed by atoms with van der Waals surface area (Å²) in [5, 5.41) is 6.19. The second-order valence-electron chi connectivity index (χ2n) is 5.36. The summed E-state index contributed by atoms with van der Waals surface area (Å²) in [5.74, 6) is 1.30. The van der Waals surface area contributed by atoms with Crippen LogP contribution in [0.2, 0.25) is 5.15 Å². The molecule has 0 saturated heterocycles. The molecule has 110 valence electrons. The summed E-state index contributed by atoms with van der Waals surface area (Å²) in [6, 6.07) is 3.31. The standard InChI is InChI=1S/C15H22ClN3O/c1-17-14-10-12(9-13(16)19-14)15(20)18-8-7-11-5-3-2-4-6-11/h9-11H,2-8H2,1H3,(H,17,19)(H,18,20). The van der Waals surface area contributed by atoms with Crippen molar-refractivity contribution in [2.75, 3.05) is 18.9 Å². The minimum atomic E-state index is -0.0818. The van der Waals surface area contributed by atoms with E-state index in [0.717, 1.165) is 18.9 Å². The molecule has 0 unspecified atom stereocenters. The Morgan fingerprint density at radius 2 is 2.10 bits per heavy atom. The van der Waals surface area contributed by atoms with Crippen molar-refractivity contribution in [2.45, 2.75) is 38.5 Å². The maximum absolute atomic E-state index is 12.1. The number of carbonyl (C=O) groups excluding carboxylic acids is 1. The number of pyridine rings is 1. The van der Waals surface area contributed by atoms with Crippen LogP contribution in [0.25, 0.3) is 0 Å². The Morgan fingerprint density at radius 1 is 1.35 bits per heavy atom. The Balaban J connectivity index is 1.83. The third-order valence-corrected chi connectivity index (χ3v) is 4.07. The van der Waals surface area contributed by atoms with Gasteiger partial charge < -0.3 is 10.6 Å². The molecule has 2 N–H and O–H groups in total. The van der Waals surface area contributed by atoms with Crippen LogP contribution in [-0.2, 0) is 0 Å². The molecule has 2 rings (SSSR count). The zero-order valence-corrected chi connectivity index (χ0v) is 12.7. The van der Waals surface area contributed by atoms with E-state index in [0.29, 0.717) is 16.5 Å². The molecule has 4 nitrogen and oxygen atoms in total. The number of aromatic nitrogens is 1. The first kappa shape index (κ1) is 15.1. The monoisotopic (exact) mass is 295 g/mol. The van der Waals surface area contributed by atoms with E-state index in [4.69, 9.17) is 11.6 Å². The lowest BCUT2D eigenvalue weighted by molar-refractivity contribution is 0.0950. The fourth-order valence-electron chi connectivity index (χ4n) is 2.72. The molecule has 1 heterocycles. The van der Waals surface area contributed by atoms with Crippen molar-refractivity contribution in [3.8, 4) is 0 Å². The molecule has 20 heavy (non-hydrogen) atoms. The Morgan fingerprint density at radius 3 is 2.80 bits per heavy atom. The Labute approximate surface area is 125 Å². The number of amides is 1. The summed E-state index contributed by atoms with van der Waals surface area (Å²) in [6.45, 7) is 0.734. The Hall–Kier alpha value is -1.29. The predicted octanol–water partition coefficient (Wildman–Crippen LogP) is 3.48. The quantitative estimate of drug-likeness (QED) is 0.818. The van der Waals surface area contributed by atoms with Crippen LogP contribution in [0.5, 0.6) is 0 Å². The second-order valence-corrected chi connectivity index (χ2v) is 5.75. The summed E-state index contributed by atoms with van der Waals surface area (Å²) in [4.78, 5) is 16.1.